The maximum atomic E-state index is 13.7. The zero-order chi connectivity index (χ0) is 24.9. The number of amides is 1. The molecule has 0 unspecified atom stereocenters. The average molecular weight is 477 g/mol. The van der Waals surface area contributed by atoms with Gasteiger partial charge in [0.1, 0.15) is 11.6 Å². The number of likely N-dealkylation sites (N-methyl/N-ethyl adjacent to an activating group) is 1. The van der Waals surface area contributed by atoms with E-state index in [2.05, 4.69) is 6.58 Å². The van der Waals surface area contributed by atoms with Gasteiger partial charge in [0.2, 0.25) is 15.9 Å². The van der Waals surface area contributed by atoms with Crippen LogP contribution in [0.25, 0.3) is 11.0 Å². The molecule has 0 radical (unpaired) electrons. The largest absolute Gasteiger partial charge is 0.464 e. The highest BCUT2D eigenvalue weighted by molar-refractivity contribution is 7.89. The number of nitrogens with zero attached hydrogens (tertiary/aromatic N) is 3. The third-order valence-electron chi connectivity index (χ3n) is 5.43. The monoisotopic (exact) mass is 476 g/mol. The minimum absolute atomic E-state index is 0.0705. The Morgan fingerprint density at radius 1 is 1.12 bits per heavy atom. The smallest absolute Gasteiger partial charge is 0.243 e. The molecule has 1 heterocycles. The first kappa shape index (κ1) is 26.6. The summed E-state index contributed by atoms with van der Waals surface area (Å²) in [6, 6.07) is 5.34. The van der Waals surface area contributed by atoms with Crippen LogP contribution in [0, 0.1) is 17.2 Å². The Labute approximate surface area is 197 Å². The first-order valence-corrected chi connectivity index (χ1v) is 12.5. The van der Waals surface area contributed by atoms with Gasteiger partial charge >= 0.3 is 0 Å². The van der Waals surface area contributed by atoms with Crippen LogP contribution in [0.4, 0.5) is 0 Å². The van der Waals surface area contributed by atoms with Gasteiger partial charge in [-0.1, -0.05) is 34.3 Å². The molecule has 1 aromatic heterocycles. The Morgan fingerprint density at radius 2 is 1.73 bits per heavy atom. The number of rotatable bonds is 12. The highest BCUT2D eigenvalue weighted by Crippen LogP contribution is 2.26. The van der Waals surface area contributed by atoms with Gasteiger partial charge < -0.3 is 14.2 Å². The van der Waals surface area contributed by atoms with E-state index in [9.17, 15) is 13.2 Å². The first-order chi connectivity index (χ1) is 15.4. The van der Waals surface area contributed by atoms with Crippen molar-refractivity contribution in [2.24, 2.45) is 11.8 Å². The molecule has 2 rings (SSSR count). The summed E-state index contributed by atoms with van der Waals surface area (Å²) < 4.78 is 33.6. The number of nitrogens with one attached hydrogen (secondary N) is 1. The Hall–Kier alpha value is -2.65. The van der Waals surface area contributed by atoms with Crippen LogP contribution in [0.3, 0.4) is 0 Å². The third-order valence-corrected chi connectivity index (χ3v) is 7.29. The van der Waals surface area contributed by atoms with Gasteiger partial charge in [-0.15, -0.1) is 0 Å². The Morgan fingerprint density at radius 3 is 2.27 bits per heavy atom. The van der Waals surface area contributed by atoms with Crippen LogP contribution in [0.1, 0.15) is 34.1 Å². The van der Waals surface area contributed by atoms with Crippen molar-refractivity contribution in [1.82, 2.24) is 14.1 Å². The number of sulfonamides is 1. The molecule has 0 fully saturated rings. The van der Waals surface area contributed by atoms with Gasteiger partial charge in [-0.05, 0) is 36.1 Å². The van der Waals surface area contributed by atoms with Crippen LogP contribution in [-0.4, -0.2) is 68.0 Å². The molecular weight excluding hydrogens is 440 g/mol. The number of benzene rings is 1. The molecule has 33 heavy (non-hydrogen) atoms. The number of carbonyl (C=O) groups excluding carboxylic acids is 1. The SMILES string of the molecule is C=C(C[C@@H](C(=O)N(CC(C)C)CC(C)C)N(C)S(=O)(=O)c1ccc2occc2c1)N(C)C=N. The average Bonchev–Trinajstić information content (AvgIpc) is 3.22. The number of hydrogen-bond donors (Lipinski definition) is 1. The van der Waals surface area contributed by atoms with Crippen LogP contribution < -0.4 is 0 Å². The molecule has 1 aromatic carbocycles. The summed E-state index contributed by atoms with van der Waals surface area (Å²) in [5.74, 6) is 0.185. The van der Waals surface area contributed by atoms with Crippen molar-refractivity contribution >= 4 is 33.2 Å². The molecule has 9 heteroatoms. The van der Waals surface area contributed by atoms with E-state index in [1.54, 1.807) is 30.1 Å². The summed E-state index contributed by atoms with van der Waals surface area (Å²) in [5.41, 5.74) is 1.06. The maximum Gasteiger partial charge on any atom is 0.243 e. The molecule has 0 aliphatic heterocycles. The molecule has 1 N–H and O–H groups in total. The van der Waals surface area contributed by atoms with E-state index >= 15 is 0 Å². The third kappa shape index (κ3) is 6.45. The van der Waals surface area contributed by atoms with Gasteiger partial charge in [0, 0.05) is 44.7 Å². The summed E-state index contributed by atoms with van der Waals surface area (Å²) in [7, 11) is -0.914. The molecule has 0 saturated heterocycles. The molecule has 182 valence electrons. The normalized spacial score (nSPS) is 13.0. The predicted octanol–water partition coefficient (Wildman–Crippen LogP) is 4.01. The van der Waals surface area contributed by atoms with Crippen molar-refractivity contribution in [2.45, 2.75) is 45.1 Å². The van der Waals surface area contributed by atoms with Crippen molar-refractivity contribution in [3.63, 3.8) is 0 Å². The van der Waals surface area contributed by atoms with Crippen LogP contribution >= 0.6 is 0 Å². The molecule has 2 aromatic rings. The molecular formula is C24H36N4O4S. The van der Waals surface area contributed by atoms with Gasteiger partial charge in [0.15, 0.2) is 0 Å². The van der Waals surface area contributed by atoms with Crippen LogP contribution in [0.5, 0.6) is 0 Å². The zero-order valence-electron chi connectivity index (χ0n) is 20.4. The molecule has 0 aliphatic rings. The fourth-order valence-corrected chi connectivity index (χ4v) is 4.96. The van der Waals surface area contributed by atoms with Gasteiger partial charge in [-0.3, -0.25) is 10.2 Å². The highest BCUT2D eigenvalue weighted by atomic mass is 32.2. The lowest BCUT2D eigenvalue weighted by atomic mass is 10.1. The topological polar surface area (TPSA) is 97.9 Å². The summed E-state index contributed by atoms with van der Waals surface area (Å²) in [4.78, 5) is 17.0. The minimum atomic E-state index is -3.99. The first-order valence-electron chi connectivity index (χ1n) is 11.0. The second-order valence-corrected chi connectivity index (χ2v) is 11.2. The van der Waals surface area contributed by atoms with E-state index in [0.717, 1.165) is 10.6 Å². The van der Waals surface area contributed by atoms with E-state index in [-0.39, 0.29) is 29.1 Å². The second-order valence-electron chi connectivity index (χ2n) is 9.20. The van der Waals surface area contributed by atoms with E-state index in [1.165, 1.54) is 24.3 Å². The van der Waals surface area contributed by atoms with Crippen LogP contribution in [-0.2, 0) is 14.8 Å². The lowest BCUT2D eigenvalue weighted by Gasteiger charge is -2.35. The molecule has 0 aliphatic carbocycles. The number of hydrogen-bond acceptors (Lipinski definition) is 5. The lowest BCUT2D eigenvalue weighted by molar-refractivity contribution is -0.136. The van der Waals surface area contributed by atoms with E-state index in [1.807, 2.05) is 27.7 Å². The molecule has 1 amide bonds. The summed E-state index contributed by atoms with van der Waals surface area (Å²) in [5, 5.41) is 8.16. The molecule has 8 nitrogen and oxygen atoms in total. The fraction of sp³-hybridized carbons (Fsp3) is 0.500. The van der Waals surface area contributed by atoms with Gasteiger partial charge in [-0.25, -0.2) is 8.42 Å². The van der Waals surface area contributed by atoms with Crippen molar-refractivity contribution < 1.29 is 17.6 Å². The molecule has 1 atom stereocenters. The van der Waals surface area contributed by atoms with Gasteiger partial charge in [0.05, 0.1) is 17.5 Å². The standard InChI is InChI=1S/C24H36N4O4S/c1-17(2)14-28(15-18(3)4)24(29)22(12-19(5)26(6)16-25)27(7)33(30,31)21-8-9-23-20(13-21)10-11-32-23/h8-11,13,16-18,22,25H,5,12,14-15H2,1-4,6-7H3/t22-/m0/s1. The fourth-order valence-electron chi connectivity index (χ4n) is 3.62. The van der Waals surface area contributed by atoms with Crippen molar-refractivity contribution in [3.8, 4) is 0 Å². The Bertz CT molecular complexity index is 1080. The Kier molecular flexibility index (Phi) is 8.85. The summed E-state index contributed by atoms with van der Waals surface area (Å²) >= 11 is 0. The second kappa shape index (κ2) is 11.0. The lowest BCUT2D eigenvalue weighted by Crippen LogP contribution is -2.51. The van der Waals surface area contributed by atoms with E-state index in [0.29, 0.717) is 29.8 Å². The van der Waals surface area contributed by atoms with Crippen LogP contribution in [0.15, 0.2) is 52.1 Å². The summed E-state index contributed by atoms with van der Waals surface area (Å²) in [6.07, 6.45) is 2.66. The zero-order valence-corrected chi connectivity index (χ0v) is 21.2. The van der Waals surface area contributed by atoms with E-state index in [4.69, 9.17) is 9.83 Å². The quantitative estimate of drug-likeness (QED) is 0.369. The maximum absolute atomic E-state index is 13.7. The number of fused-ring (bicyclic) bond motifs is 1. The number of furan rings is 1. The number of carbonyl (C=O) groups is 1. The molecule has 0 bridgehead atoms. The molecule has 0 saturated carbocycles. The Balaban J connectivity index is 2.48. The summed E-state index contributed by atoms with van der Waals surface area (Å²) in [6.45, 7) is 13.1. The van der Waals surface area contributed by atoms with E-state index < -0.39 is 16.1 Å². The minimum Gasteiger partial charge on any atom is -0.464 e. The van der Waals surface area contributed by atoms with Gasteiger partial charge in [0.25, 0.3) is 0 Å². The van der Waals surface area contributed by atoms with Crippen molar-refractivity contribution in [2.75, 3.05) is 27.2 Å². The molecule has 0 spiro atoms. The predicted molar refractivity (Wildman–Crippen MR) is 132 cm³/mol. The van der Waals surface area contributed by atoms with Crippen LogP contribution in [0.2, 0.25) is 0 Å². The van der Waals surface area contributed by atoms with Crippen molar-refractivity contribution in [3.05, 3.63) is 42.8 Å². The van der Waals surface area contributed by atoms with Gasteiger partial charge in [-0.2, -0.15) is 4.31 Å². The van der Waals surface area contributed by atoms with Crippen molar-refractivity contribution in [1.29, 1.82) is 5.41 Å². The highest BCUT2D eigenvalue weighted by Gasteiger charge is 2.36.